The van der Waals surface area contributed by atoms with Gasteiger partial charge in [-0.2, -0.15) is 0 Å². The van der Waals surface area contributed by atoms with Gasteiger partial charge in [0.2, 0.25) is 0 Å². The molecule has 0 bridgehead atoms. The molecule has 6 nitrogen and oxygen atoms in total. The largest absolute Gasteiger partial charge is 0.332 e. The maximum Gasteiger partial charge on any atom is 0.254 e. The van der Waals surface area contributed by atoms with Crippen LogP contribution in [0.25, 0.3) is 0 Å². The van der Waals surface area contributed by atoms with Gasteiger partial charge in [-0.05, 0) is 65.9 Å². The molecule has 2 heterocycles. The fourth-order valence-electron chi connectivity index (χ4n) is 3.81. The molecule has 1 aliphatic rings. The highest BCUT2D eigenvalue weighted by molar-refractivity contribution is 5.94. The van der Waals surface area contributed by atoms with E-state index in [0.29, 0.717) is 6.54 Å². The van der Waals surface area contributed by atoms with Gasteiger partial charge in [0.15, 0.2) is 0 Å². The molecule has 1 aliphatic heterocycles. The Hall–Kier alpha value is -3.02. The van der Waals surface area contributed by atoms with Gasteiger partial charge in [0, 0.05) is 12.1 Å². The number of benzene rings is 2. The summed E-state index contributed by atoms with van der Waals surface area (Å²) in [4.78, 5) is 15.2. The summed E-state index contributed by atoms with van der Waals surface area (Å²) in [6, 6.07) is 14.4. The maximum atomic E-state index is 13.1. The van der Waals surface area contributed by atoms with Crippen LogP contribution >= 0.6 is 0 Å². The van der Waals surface area contributed by atoms with Gasteiger partial charge >= 0.3 is 0 Å². The summed E-state index contributed by atoms with van der Waals surface area (Å²) >= 11 is 0. The van der Waals surface area contributed by atoms with Crippen LogP contribution < -0.4 is 0 Å². The molecule has 1 atom stereocenters. The minimum absolute atomic E-state index is 0.104. The number of carbonyl (C=O) groups is 1. The third kappa shape index (κ3) is 3.60. The van der Waals surface area contributed by atoms with Crippen molar-refractivity contribution in [1.29, 1.82) is 0 Å². The van der Waals surface area contributed by atoms with Gasteiger partial charge in [-0.1, -0.05) is 35.9 Å². The molecule has 3 aromatic rings. The number of rotatable bonds is 4. The number of hydrogen-bond donors (Lipinski definition) is 0. The Labute approximate surface area is 158 Å². The number of hydrogen-bond acceptors (Lipinski definition) is 4. The third-order valence-electron chi connectivity index (χ3n) is 5.24. The van der Waals surface area contributed by atoms with E-state index in [1.165, 1.54) is 16.7 Å². The standard InChI is InChI=1S/C21H23N5O/c1-15-5-6-16(2)19(12-15)20-4-3-11-26(20)21(27)18-9-7-17(8-10-18)13-25-14-22-23-24-25/h5-10,12,14,20H,3-4,11,13H2,1-2H3. The quantitative estimate of drug-likeness (QED) is 0.715. The second-order valence-corrected chi connectivity index (χ2v) is 7.22. The van der Waals surface area contributed by atoms with Crippen molar-refractivity contribution in [3.8, 4) is 0 Å². The SMILES string of the molecule is Cc1ccc(C)c(C2CCCN2C(=O)c2ccc(Cn3cnnn3)cc2)c1. The van der Waals surface area contributed by atoms with Crippen molar-refractivity contribution in [1.82, 2.24) is 25.1 Å². The Morgan fingerprint density at radius 2 is 1.96 bits per heavy atom. The first kappa shape index (κ1) is 17.4. The van der Waals surface area contributed by atoms with Gasteiger partial charge < -0.3 is 4.90 Å². The van der Waals surface area contributed by atoms with E-state index in [4.69, 9.17) is 0 Å². The van der Waals surface area contributed by atoms with Gasteiger partial charge in [0.1, 0.15) is 6.33 Å². The van der Waals surface area contributed by atoms with E-state index < -0.39 is 0 Å². The zero-order valence-electron chi connectivity index (χ0n) is 15.7. The van der Waals surface area contributed by atoms with Crippen LogP contribution in [0.4, 0.5) is 0 Å². The smallest absolute Gasteiger partial charge is 0.254 e. The van der Waals surface area contributed by atoms with Crippen molar-refractivity contribution in [3.63, 3.8) is 0 Å². The van der Waals surface area contributed by atoms with E-state index >= 15 is 0 Å². The van der Waals surface area contributed by atoms with Gasteiger partial charge in [-0.15, -0.1) is 5.10 Å². The summed E-state index contributed by atoms with van der Waals surface area (Å²) in [6.45, 7) is 5.64. The lowest BCUT2D eigenvalue weighted by Gasteiger charge is -2.27. The number of aromatic nitrogens is 4. The molecule has 4 rings (SSSR count). The molecule has 27 heavy (non-hydrogen) atoms. The molecule has 0 spiro atoms. The van der Waals surface area contributed by atoms with E-state index in [1.54, 1.807) is 11.0 Å². The molecule has 0 radical (unpaired) electrons. The monoisotopic (exact) mass is 361 g/mol. The zero-order valence-corrected chi connectivity index (χ0v) is 15.7. The lowest BCUT2D eigenvalue weighted by atomic mass is 9.97. The molecular formula is C21H23N5O. The predicted molar refractivity (Wildman–Crippen MR) is 102 cm³/mol. The average Bonchev–Trinajstić information content (AvgIpc) is 3.35. The van der Waals surface area contributed by atoms with Crippen LogP contribution in [0.5, 0.6) is 0 Å². The van der Waals surface area contributed by atoms with Gasteiger partial charge in [0.25, 0.3) is 5.91 Å². The molecule has 2 aromatic carbocycles. The summed E-state index contributed by atoms with van der Waals surface area (Å²) in [7, 11) is 0. The number of amides is 1. The fraction of sp³-hybridized carbons (Fsp3) is 0.333. The van der Waals surface area contributed by atoms with Crippen LogP contribution in [0.15, 0.2) is 48.8 Å². The minimum Gasteiger partial charge on any atom is -0.332 e. The maximum absolute atomic E-state index is 13.1. The molecule has 1 saturated heterocycles. The van der Waals surface area contributed by atoms with Crippen molar-refractivity contribution >= 4 is 5.91 Å². The fourth-order valence-corrected chi connectivity index (χ4v) is 3.81. The molecular weight excluding hydrogens is 338 g/mol. The van der Waals surface area contributed by atoms with E-state index in [-0.39, 0.29) is 11.9 Å². The van der Waals surface area contributed by atoms with E-state index in [1.807, 2.05) is 29.2 Å². The van der Waals surface area contributed by atoms with Crippen LogP contribution in [-0.4, -0.2) is 37.6 Å². The number of tetrazole rings is 1. The van der Waals surface area contributed by atoms with E-state index in [9.17, 15) is 4.79 Å². The van der Waals surface area contributed by atoms with Crippen LogP contribution in [0, 0.1) is 13.8 Å². The predicted octanol–water partition coefficient (Wildman–Crippen LogP) is 3.32. The second kappa shape index (κ2) is 7.31. The third-order valence-corrected chi connectivity index (χ3v) is 5.24. The van der Waals surface area contributed by atoms with Crippen LogP contribution in [0.1, 0.15) is 51.5 Å². The zero-order chi connectivity index (χ0) is 18.8. The van der Waals surface area contributed by atoms with Crippen molar-refractivity contribution in [2.45, 2.75) is 39.3 Å². The summed E-state index contributed by atoms with van der Waals surface area (Å²) < 4.78 is 1.66. The van der Waals surface area contributed by atoms with Gasteiger partial charge in [-0.25, -0.2) is 4.68 Å². The van der Waals surface area contributed by atoms with Crippen LogP contribution in [-0.2, 0) is 6.54 Å². The van der Waals surface area contributed by atoms with E-state index in [0.717, 1.165) is 30.5 Å². The molecule has 1 unspecified atom stereocenters. The van der Waals surface area contributed by atoms with Crippen LogP contribution in [0.3, 0.4) is 0 Å². The highest BCUT2D eigenvalue weighted by atomic mass is 16.2. The van der Waals surface area contributed by atoms with Crippen molar-refractivity contribution in [2.24, 2.45) is 0 Å². The lowest BCUT2D eigenvalue weighted by Crippen LogP contribution is -2.31. The van der Waals surface area contributed by atoms with Crippen molar-refractivity contribution in [2.75, 3.05) is 6.54 Å². The molecule has 1 amide bonds. The molecule has 0 aliphatic carbocycles. The van der Waals surface area contributed by atoms with E-state index in [2.05, 4.69) is 47.6 Å². The number of carbonyl (C=O) groups excluding carboxylic acids is 1. The summed E-state index contributed by atoms with van der Waals surface area (Å²) in [5, 5.41) is 11.1. The molecule has 138 valence electrons. The van der Waals surface area contributed by atoms with Crippen molar-refractivity contribution < 1.29 is 4.79 Å². The number of likely N-dealkylation sites (tertiary alicyclic amines) is 1. The molecule has 6 heteroatoms. The summed E-state index contributed by atoms with van der Waals surface area (Å²) in [5.41, 5.74) is 5.55. The summed E-state index contributed by atoms with van der Waals surface area (Å²) in [6.07, 6.45) is 3.65. The minimum atomic E-state index is 0.104. The number of aryl methyl sites for hydroxylation is 2. The Kier molecular flexibility index (Phi) is 4.71. The summed E-state index contributed by atoms with van der Waals surface area (Å²) in [5.74, 6) is 0.104. The number of nitrogens with zero attached hydrogens (tertiary/aromatic N) is 5. The topological polar surface area (TPSA) is 63.9 Å². The Balaban J connectivity index is 1.53. The Morgan fingerprint density at radius 1 is 1.15 bits per heavy atom. The van der Waals surface area contributed by atoms with Crippen molar-refractivity contribution in [3.05, 3.63) is 76.6 Å². The lowest BCUT2D eigenvalue weighted by molar-refractivity contribution is 0.0735. The van der Waals surface area contributed by atoms with Gasteiger partial charge in [0.05, 0.1) is 12.6 Å². The second-order valence-electron chi connectivity index (χ2n) is 7.22. The molecule has 0 N–H and O–H groups in total. The Bertz CT molecular complexity index is 934. The normalized spacial score (nSPS) is 16.7. The first-order valence-corrected chi connectivity index (χ1v) is 9.29. The first-order valence-electron chi connectivity index (χ1n) is 9.29. The Morgan fingerprint density at radius 3 is 2.70 bits per heavy atom. The highest BCUT2D eigenvalue weighted by Gasteiger charge is 2.31. The molecule has 1 aromatic heterocycles. The van der Waals surface area contributed by atoms with Crippen LogP contribution in [0.2, 0.25) is 0 Å². The average molecular weight is 361 g/mol. The highest BCUT2D eigenvalue weighted by Crippen LogP contribution is 2.35. The molecule has 0 saturated carbocycles. The van der Waals surface area contributed by atoms with Gasteiger partial charge in [-0.3, -0.25) is 4.79 Å². The molecule has 1 fully saturated rings. The first-order chi connectivity index (χ1) is 13.1.